The lowest BCUT2D eigenvalue weighted by Gasteiger charge is -2.79. The van der Waals surface area contributed by atoms with Crippen LogP contribution in [0.3, 0.4) is 0 Å². The number of benzene rings is 1. The Kier molecular flexibility index (Phi) is 7.68. The van der Waals surface area contributed by atoms with Gasteiger partial charge in [-0.25, -0.2) is 4.79 Å². The minimum atomic E-state index is -2.24. The predicted molar refractivity (Wildman–Crippen MR) is 181 cm³/mol. The molecule has 11 heteroatoms. The van der Waals surface area contributed by atoms with E-state index in [1.165, 1.54) is 7.11 Å². The molecule has 51 heavy (non-hydrogen) atoms. The number of hydrogen-bond acceptors (Lipinski definition) is 11. The Hall–Kier alpha value is -2.80. The third kappa shape index (κ3) is 4.11. The molecule has 0 radical (unpaired) electrons. The standard InChI is InChI=1S/C40H52O11/c1-9-22(2)40-49-25-20-35(5)26(16-18-47-30(35)24-15-17-46-21-24)38(51-40)29(25)36(6)27(19-28(41)45-8)34(3,4)32(39(44,33(38)50-40)37(36,7)43)48-31(42)23-13-11-10-12-14-23/h10-15,17,21-22,25-27,29-30,32-33,43-44H,9,16,18-20H2,1-8H3/t22?,25-,26?,27+,29?,30+,32+,33+,35-,36-,37?,38+,39-,40?/m1/s1. The Balaban J connectivity index is 1.40. The molecular formula is C40H52O11. The molecule has 0 amide bonds. The van der Waals surface area contributed by atoms with E-state index in [4.69, 9.17) is 32.8 Å². The molecule has 5 bridgehead atoms. The first-order valence-electron chi connectivity index (χ1n) is 18.5. The van der Waals surface area contributed by atoms with Gasteiger partial charge in [0.25, 0.3) is 5.97 Å². The van der Waals surface area contributed by atoms with Gasteiger partial charge in [-0.2, -0.15) is 0 Å². The monoisotopic (exact) mass is 708 g/mol. The lowest BCUT2D eigenvalue weighted by Crippen LogP contribution is -2.92. The van der Waals surface area contributed by atoms with Gasteiger partial charge in [0, 0.05) is 52.6 Å². The van der Waals surface area contributed by atoms with Crippen molar-refractivity contribution in [2.75, 3.05) is 13.7 Å². The van der Waals surface area contributed by atoms with Crippen molar-refractivity contribution in [3.63, 3.8) is 0 Å². The minimum absolute atomic E-state index is 0.102. The van der Waals surface area contributed by atoms with Crippen molar-refractivity contribution >= 4 is 11.9 Å². The van der Waals surface area contributed by atoms with Gasteiger partial charge in [-0.05, 0) is 50.3 Å². The molecule has 6 aliphatic rings. The van der Waals surface area contributed by atoms with Crippen LogP contribution in [-0.4, -0.2) is 77.0 Å². The number of rotatable bonds is 7. The molecule has 3 aliphatic carbocycles. The van der Waals surface area contributed by atoms with E-state index in [2.05, 4.69) is 6.92 Å². The highest BCUT2D eigenvalue weighted by Gasteiger charge is 2.93. The SMILES string of the molecule is CCC(C)C12O[C@@H]3C[C@]4(C)C(CCO[C@H]4c4ccoc4)[C@]4(O1)C3[C@@]1(C)[C@@H](CC(=O)OC)C(C)(C)[C@H](OC(=O)c3ccccc3)[C@@](O)([C@H]4O2)C1(C)O. The minimum Gasteiger partial charge on any atom is -0.472 e. The Morgan fingerprint density at radius 1 is 1.04 bits per heavy atom. The quantitative estimate of drug-likeness (QED) is 0.348. The van der Waals surface area contributed by atoms with Gasteiger partial charge in [0.05, 0.1) is 37.4 Å². The van der Waals surface area contributed by atoms with Gasteiger partial charge < -0.3 is 43.1 Å². The second kappa shape index (κ2) is 11.1. The Morgan fingerprint density at radius 2 is 1.76 bits per heavy atom. The summed E-state index contributed by atoms with van der Waals surface area (Å²) in [5.74, 6) is -4.44. The molecule has 6 fully saturated rings. The molecule has 5 unspecified atom stereocenters. The fourth-order valence-electron chi connectivity index (χ4n) is 12.4. The van der Waals surface area contributed by atoms with Crippen molar-refractivity contribution in [1.82, 2.24) is 0 Å². The van der Waals surface area contributed by atoms with Crippen LogP contribution in [0.2, 0.25) is 0 Å². The second-order valence-corrected chi connectivity index (χ2v) is 17.3. The summed E-state index contributed by atoms with van der Waals surface area (Å²) in [4.78, 5) is 27.5. The molecule has 278 valence electrons. The molecule has 2 N–H and O–H groups in total. The zero-order valence-corrected chi connectivity index (χ0v) is 30.8. The van der Waals surface area contributed by atoms with Crippen molar-refractivity contribution in [3.8, 4) is 0 Å². The summed E-state index contributed by atoms with van der Waals surface area (Å²) in [5.41, 5.74) is -7.23. The maximum absolute atomic E-state index is 14.1. The van der Waals surface area contributed by atoms with E-state index >= 15 is 0 Å². The summed E-state index contributed by atoms with van der Waals surface area (Å²) < 4.78 is 45.6. The van der Waals surface area contributed by atoms with Crippen LogP contribution in [0.25, 0.3) is 0 Å². The second-order valence-electron chi connectivity index (χ2n) is 17.3. The molecule has 8 rings (SSSR count). The lowest BCUT2D eigenvalue weighted by molar-refractivity contribution is -0.471. The van der Waals surface area contributed by atoms with Crippen LogP contribution < -0.4 is 0 Å². The highest BCUT2D eigenvalue weighted by molar-refractivity contribution is 5.89. The van der Waals surface area contributed by atoms with Gasteiger partial charge in [0.1, 0.15) is 23.4 Å². The summed E-state index contributed by atoms with van der Waals surface area (Å²) in [6.07, 6.45) is 1.55. The van der Waals surface area contributed by atoms with Gasteiger partial charge in [-0.3, -0.25) is 4.79 Å². The number of furan rings is 1. The van der Waals surface area contributed by atoms with Crippen LogP contribution in [0.4, 0.5) is 0 Å². The third-order valence-corrected chi connectivity index (χ3v) is 14.9. The fourth-order valence-corrected chi connectivity index (χ4v) is 12.4. The van der Waals surface area contributed by atoms with E-state index in [1.807, 2.05) is 40.7 Å². The number of esters is 2. The number of carbonyl (C=O) groups is 2. The lowest BCUT2D eigenvalue weighted by atomic mass is 9.30. The summed E-state index contributed by atoms with van der Waals surface area (Å²) in [5, 5.41) is 27.2. The number of hydrogen-bond donors (Lipinski definition) is 2. The van der Waals surface area contributed by atoms with Gasteiger partial charge >= 0.3 is 11.9 Å². The zero-order valence-electron chi connectivity index (χ0n) is 30.8. The van der Waals surface area contributed by atoms with Crippen LogP contribution in [0.5, 0.6) is 0 Å². The molecule has 3 saturated heterocycles. The van der Waals surface area contributed by atoms with Crippen LogP contribution in [-0.2, 0) is 33.2 Å². The third-order valence-electron chi connectivity index (χ3n) is 14.9. The zero-order chi connectivity index (χ0) is 36.6. The molecule has 11 nitrogen and oxygen atoms in total. The molecular weight excluding hydrogens is 656 g/mol. The first-order valence-corrected chi connectivity index (χ1v) is 18.5. The van der Waals surface area contributed by atoms with Gasteiger partial charge in [-0.15, -0.1) is 0 Å². The van der Waals surface area contributed by atoms with E-state index in [-0.39, 0.29) is 24.4 Å². The normalized spacial score (nSPS) is 47.9. The van der Waals surface area contributed by atoms with Crippen LogP contribution in [0.1, 0.15) is 96.2 Å². The molecule has 1 spiro atoms. The first-order chi connectivity index (χ1) is 24.0. The average Bonchev–Trinajstić information content (AvgIpc) is 3.73. The topological polar surface area (TPSA) is 143 Å². The van der Waals surface area contributed by atoms with Crippen molar-refractivity contribution < 1.29 is 52.6 Å². The van der Waals surface area contributed by atoms with E-state index in [1.54, 1.807) is 49.8 Å². The van der Waals surface area contributed by atoms with E-state index in [9.17, 15) is 19.8 Å². The molecule has 3 aliphatic heterocycles. The number of ether oxygens (including phenoxy) is 6. The average molecular weight is 709 g/mol. The van der Waals surface area contributed by atoms with Crippen molar-refractivity contribution in [1.29, 1.82) is 0 Å². The smallest absolute Gasteiger partial charge is 0.338 e. The van der Waals surface area contributed by atoms with Gasteiger partial charge in [-0.1, -0.05) is 59.7 Å². The molecule has 2 aromatic rings. The number of aliphatic hydroxyl groups is 2. The van der Waals surface area contributed by atoms with Crippen LogP contribution in [0.15, 0.2) is 53.3 Å². The van der Waals surface area contributed by atoms with E-state index < -0.39 is 81.1 Å². The largest absolute Gasteiger partial charge is 0.472 e. The van der Waals surface area contributed by atoms with Crippen LogP contribution in [0, 0.1) is 39.9 Å². The highest BCUT2D eigenvalue weighted by Crippen LogP contribution is 2.81. The molecule has 14 atom stereocenters. The molecule has 4 heterocycles. The number of carbonyl (C=O) groups excluding carboxylic acids is 2. The van der Waals surface area contributed by atoms with Gasteiger partial charge in [0.15, 0.2) is 5.60 Å². The Labute approximate surface area is 299 Å². The maximum Gasteiger partial charge on any atom is 0.338 e. The van der Waals surface area contributed by atoms with Crippen molar-refractivity contribution in [2.24, 2.45) is 39.9 Å². The van der Waals surface area contributed by atoms with Crippen molar-refractivity contribution in [3.05, 3.63) is 60.1 Å². The van der Waals surface area contributed by atoms with E-state index in [0.29, 0.717) is 31.4 Å². The number of fused-ring (bicyclic) bond motifs is 5. The summed E-state index contributed by atoms with van der Waals surface area (Å²) >= 11 is 0. The predicted octanol–water partition coefficient (Wildman–Crippen LogP) is 5.58. The Bertz CT molecular complexity index is 1690. The molecule has 3 saturated carbocycles. The van der Waals surface area contributed by atoms with Crippen molar-refractivity contribution in [2.45, 2.75) is 121 Å². The maximum atomic E-state index is 14.1. The van der Waals surface area contributed by atoms with E-state index in [0.717, 1.165) is 5.56 Å². The summed E-state index contributed by atoms with van der Waals surface area (Å²) in [6.45, 7) is 14.0. The van der Waals surface area contributed by atoms with Crippen LogP contribution >= 0.6 is 0 Å². The molecule has 1 aromatic carbocycles. The molecule has 1 aromatic heterocycles. The fraction of sp³-hybridized carbons (Fsp3) is 0.700. The van der Waals surface area contributed by atoms with Gasteiger partial charge in [0.2, 0.25) is 0 Å². The summed E-state index contributed by atoms with van der Waals surface area (Å²) in [7, 11) is 1.34. The first kappa shape index (κ1) is 35.2. The summed E-state index contributed by atoms with van der Waals surface area (Å²) in [6, 6.07) is 10.5. The highest BCUT2D eigenvalue weighted by atomic mass is 16.9. The Morgan fingerprint density at radius 3 is 2.41 bits per heavy atom. The number of methoxy groups -OCH3 is 1.